The molecular weight excluding hydrogens is 372 g/mol. The lowest BCUT2D eigenvalue weighted by atomic mass is 10.1. The molecule has 0 aliphatic carbocycles. The number of methoxy groups -OCH3 is 1. The molecule has 5 nitrogen and oxygen atoms in total. The molecule has 28 heavy (non-hydrogen) atoms. The van der Waals surface area contributed by atoms with E-state index in [0.29, 0.717) is 10.7 Å². The number of carbonyl (C=O) groups is 1. The number of anilines is 1. The predicted octanol–water partition coefficient (Wildman–Crippen LogP) is 4.49. The van der Waals surface area contributed by atoms with E-state index in [2.05, 4.69) is 22.8 Å². The number of ether oxygens (including phenoxy) is 2. The minimum atomic E-state index is -0.358. The Kier molecular flexibility index (Phi) is 8.26. The van der Waals surface area contributed by atoms with Crippen molar-refractivity contribution in [3.8, 4) is 5.75 Å². The zero-order valence-corrected chi connectivity index (χ0v) is 17.7. The molecule has 0 amide bonds. The van der Waals surface area contributed by atoms with Gasteiger partial charge < -0.3 is 20.1 Å². The Morgan fingerprint density at radius 2 is 1.93 bits per heavy atom. The molecule has 0 bridgehead atoms. The molecule has 0 saturated carbocycles. The van der Waals surface area contributed by atoms with Gasteiger partial charge in [-0.05, 0) is 81.2 Å². The summed E-state index contributed by atoms with van der Waals surface area (Å²) in [5.41, 5.74) is 3.36. The summed E-state index contributed by atoms with van der Waals surface area (Å²) in [4.78, 5) is 11.8. The van der Waals surface area contributed by atoms with Gasteiger partial charge in [0.1, 0.15) is 5.75 Å². The van der Waals surface area contributed by atoms with Gasteiger partial charge in [0, 0.05) is 12.2 Å². The Morgan fingerprint density at radius 1 is 1.18 bits per heavy atom. The monoisotopic (exact) mass is 400 g/mol. The fourth-order valence-electron chi connectivity index (χ4n) is 2.81. The Bertz CT molecular complexity index is 821. The number of hydrogen-bond acceptors (Lipinski definition) is 4. The van der Waals surface area contributed by atoms with Crippen molar-refractivity contribution >= 4 is 29.0 Å². The maximum Gasteiger partial charge on any atom is 0.338 e. The van der Waals surface area contributed by atoms with Crippen LogP contribution in [0.15, 0.2) is 42.5 Å². The van der Waals surface area contributed by atoms with Gasteiger partial charge in [-0.1, -0.05) is 18.2 Å². The summed E-state index contributed by atoms with van der Waals surface area (Å²) in [6.45, 7) is 6.65. The minimum absolute atomic E-state index is 0.168. The first-order chi connectivity index (χ1) is 13.4. The van der Waals surface area contributed by atoms with Gasteiger partial charge in [0.25, 0.3) is 0 Å². The molecule has 2 N–H and O–H groups in total. The van der Waals surface area contributed by atoms with Gasteiger partial charge in [0.2, 0.25) is 0 Å². The average Bonchev–Trinajstić information content (AvgIpc) is 2.66. The molecule has 0 aliphatic rings. The number of rotatable bonds is 8. The third-order valence-corrected chi connectivity index (χ3v) is 4.43. The summed E-state index contributed by atoms with van der Waals surface area (Å²) < 4.78 is 10.5. The van der Waals surface area contributed by atoms with Gasteiger partial charge in [-0.15, -0.1) is 0 Å². The second kappa shape index (κ2) is 10.7. The van der Waals surface area contributed by atoms with Crippen LogP contribution in [0.25, 0.3) is 0 Å². The van der Waals surface area contributed by atoms with Crippen LogP contribution in [-0.4, -0.2) is 30.8 Å². The number of aryl methyl sites for hydroxylation is 1. The Balaban J connectivity index is 1.82. The SMILES string of the molecule is COC(=O)c1cccc(NC(=S)NCCCc2cccc(OC(C)C)c2)c1C. The Hall–Kier alpha value is -2.60. The second-order valence-electron chi connectivity index (χ2n) is 6.77. The molecule has 2 rings (SSSR count). The fraction of sp³-hybridized carbons (Fsp3) is 0.364. The molecule has 0 heterocycles. The van der Waals surface area contributed by atoms with Crippen LogP contribution in [0.5, 0.6) is 5.75 Å². The highest BCUT2D eigenvalue weighted by molar-refractivity contribution is 7.80. The van der Waals surface area contributed by atoms with E-state index >= 15 is 0 Å². The van der Waals surface area contributed by atoms with Crippen LogP contribution < -0.4 is 15.4 Å². The molecule has 2 aromatic carbocycles. The maximum absolute atomic E-state index is 11.8. The van der Waals surface area contributed by atoms with E-state index in [4.69, 9.17) is 21.7 Å². The lowest BCUT2D eigenvalue weighted by Gasteiger charge is -2.14. The number of nitrogens with one attached hydrogen (secondary N) is 2. The van der Waals surface area contributed by atoms with Crippen molar-refractivity contribution in [2.24, 2.45) is 0 Å². The Morgan fingerprint density at radius 3 is 2.64 bits per heavy atom. The first-order valence-corrected chi connectivity index (χ1v) is 9.80. The molecule has 0 atom stereocenters. The minimum Gasteiger partial charge on any atom is -0.491 e. The van der Waals surface area contributed by atoms with E-state index in [-0.39, 0.29) is 12.1 Å². The topological polar surface area (TPSA) is 59.6 Å². The van der Waals surface area contributed by atoms with Crippen molar-refractivity contribution in [3.05, 3.63) is 59.2 Å². The highest BCUT2D eigenvalue weighted by atomic mass is 32.1. The van der Waals surface area contributed by atoms with Crippen LogP contribution in [0.3, 0.4) is 0 Å². The van der Waals surface area contributed by atoms with E-state index in [1.54, 1.807) is 12.1 Å². The molecule has 0 radical (unpaired) electrons. The average molecular weight is 401 g/mol. The molecule has 0 aromatic heterocycles. The molecular formula is C22H28N2O3S. The number of hydrogen-bond donors (Lipinski definition) is 2. The molecule has 0 spiro atoms. The van der Waals surface area contributed by atoms with Crippen LogP contribution in [0.1, 0.15) is 41.8 Å². The van der Waals surface area contributed by atoms with E-state index in [0.717, 1.165) is 36.4 Å². The fourth-order valence-corrected chi connectivity index (χ4v) is 3.02. The molecule has 6 heteroatoms. The number of esters is 1. The second-order valence-corrected chi connectivity index (χ2v) is 7.18. The van der Waals surface area contributed by atoms with Crippen LogP contribution >= 0.6 is 12.2 Å². The van der Waals surface area contributed by atoms with E-state index in [9.17, 15) is 4.79 Å². The van der Waals surface area contributed by atoms with Crippen LogP contribution in [0.4, 0.5) is 5.69 Å². The third kappa shape index (κ3) is 6.53. The first-order valence-electron chi connectivity index (χ1n) is 9.39. The summed E-state index contributed by atoms with van der Waals surface area (Å²) in [6.07, 6.45) is 2.04. The van der Waals surface area contributed by atoms with E-state index in [1.165, 1.54) is 12.7 Å². The summed E-state index contributed by atoms with van der Waals surface area (Å²) in [7, 11) is 1.37. The van der Waals surface area contributed by atoms with E-state index < -0.39 is 0 Å². The highest BCUT2D eigenvalue weighted by Crippen LogP contribution is 2.20. The number of benzene rings is 2. The maximum atomic E-state index is 11.8. The highest BCUT2D eigenvalue weighted by Gasteiger charge is 2.12. The van der Waals surface area contributed by atoms with Crippen molar-refractivity contribution < 1.29 is 14.3 Å². The van der Waals surface area contributed by atoms with Gasteiger partial charge in [-0.3, -0.25) is 0 Å². The Labute approximate surface area is 172 Å². The lowest BCUT2D eigenvalue weighted by molar-refractivity contribution is 0.0600. The normalized spacial score (nSPS) is 10.5. The summed E-state index contributed by atoms with van der Waals surface area (Å²) in [5, 5.41) is 6.89. The van der Waals surface area contributed by atoms with E-state index in [1.807, 2.05) is 39.0 Å². The molecule has 0 saturated heterocycles. The quantitative estimate of drug-likeness (QED) is 0.387. The molecule has 2 aromatic rings. The smallest absolute Gasteiger partial charge is 0.338 e. The summed E-state index contributed by atoms with van der Waals surface area (Å²) >= 11 is 5.37. The molecule has 0 fully saturated rings. The molecule has 0 unspecified atom stereocenters. The summed E-state index contributed by atoms with van der Waals surface area (Å²) in [6, 6.07) is 13.6. The van der Waals surface area contributed by atoms with Gasteiger partial charge in [0.15, 0.2) is 5.11 Å². The van der Waals surface area contributed by atoms with Crippen LogP contribution in [-0.2, 0) is 11.2 Å². The van der Waals surface area contributed by atoms with Crippen molar-refractivity contribution in [2.75, 3.05) is 19.0 Å². The number of thiocarbonyl (C=S) groups is 1. The zero-order chi connectivity index (χ0) is 20.5. The molecule has 150 valence electrons. The van der Waals surface area contributed by atoms with Crippen molar-refractivity contribution in [2.45, 2.75) is 39.7 Å². The standard InChI is InChI=1S/C22H28N2O3S/c1-15(2)27-18-10-5-8-17(14-18)9-7-13-23-22(28)24-20-12-6-11-19(16(20)3)21(25)26-4/h5-6,8,10-12,14-15H,7,9,13H2,1-4H3,(H2,23,24,28). The third-order valence-electron chi connectivity index (χ3n) is 4.19. The van der Waals surface area contributed by atoms with Crippen LogP contribution in [0, 0.1) is 6.92 Å². The van der Waals surface area contributed by atoms with Gasteiger partial charge in [0.05, 0.1) is 18.8 Å². The van der Waals surface area contributed by atoms with Crippen molar-refractivity contribution in [1.82, 2.24) is 5.32 Å². The van der Waals surface area contributed by atoms with Crippen molar-refractivity contribution in [1.29, 1.82) is 0 Å². The summed E-state index contributed by atoms with van der Waals surface area (Å²) in [5.74, 6) is 0.544. The largest absolute Gasteiger partial charge is 0.491 e. The predicted molar refractivity (Wildman–Crippen MR) is 117 cm³/mol. The first kappa shape index (κ1) is 21.7. The van der Waals surface area contributed by atoms with Crippen LogP contribution in [0.2, 0.25) is 0 Å². The lowest BCUT2D eigenvalue weighted by Crippen LogP contribution is -2.30. The van der Waals surface area contributed by atoms with Crippen molar-refractivity contribution in [3.63, 3.8) is 0 Å². The van der Waals surface area contributed by atoms with Gasteiger partial charge >= 0.3 is 5.97 Å². The van der Waals surface area contributed by atoms with Gasteiger partial charge in [-0.25, -0.2) is 4.79 Å². The number of carbonyl (C=O) groups excluding carboxylic acids is 1. The zero-order valence-electron chi connectivity index (χ0n) is 16.9. The van der Waals surface area contributed by atoms with Gasteiger partial charge in [-0.2, -0.15) is 0 Å². The molecule has 0 aliphatic heterocycles.